The van der Waals surface area contributed by atoms with E-state index in [2.05, 4.69) is 5.32 Å². The van der Waals surface area contributed by atoms with Gasteiger partial charge in [-0.15, -0.1) is 0 Å². The molecule has 0 heterocycles. The summed E-state index contributed by atoms with van der Waals surface area (Å²) in [6.45, 7) is 1.52. The molecule has 0 spiro atoms. The molecule has 1 unspecified atom stereocenters. The molecule has 3 aromatic rings. The van der Waals surface area contributed by atoms with Crippen LogP contribution in [0.1, 0.15) is 28.9 Å². The maximum atomic E-state index is 12.0. The highest BCUT2D eigenvalue weighted by Gasteiger charge is 2.16. The average molecular weight is 410 g/mol. The van der Waals surface area contributed by atoms with Gasteiger partial charge in [-0.05, 0) is 41.8 Å². The summed E-state index contributed by atoms with van der Waals surface area (Å²) in [4.78, 5) is 11.7. The summed E-state index contributed by atoms with van der Waals surface area (Å²) in [5.41, 5.74) is 3.55. The fourth-order valence-electron chi connectivity index (χ4n) is 3.06. The van der Waals surface area contributed by atoms with Crippen molar-refractivity contribution in [2.24, 2.45) is 0 Å². The first-order chi connectivity index (χ1) is 13.8. The number of anilines is 1. The summed E-state index contributed by atoms with van der Waals surface area (Å²) in [6, 6.07) is 21.9. The normalized spacial score (nSPS) is 12.4. The van der Waals surface area contributed by atoms with Crippen LogP contribution in [0, 0.1) is 0 Å². The first kappa shape index (κ1) is 20.8. The molecule has 0 radical (unpaired) electrons. The summed E-state index contributed by atoms with van der Waals surface area (Å²) in [7, 11) is -3.48. The van der Waals surface area contributed by atoms with Crippen molar-refractivity contribution in [1.82, 2.24) is 0 Å². The smallest absolute Gasteiger partial charge is 0.177 e. The first-order valence-corrected chi connectivity index (χ1v) is 11.1. The number of nitrogens with one attached hydrogen (secondary N) is 1. The van der Waals surface area contributed by atoms with Crippen LogP contribution >= 0.6 is 0 Å². The van der Waals surface area contributed by atoms with E-state index >= 15 is 0 Å². The van der Waals surface area contributed by atoms with E-state index in [1.807, 2.05) is 54.6 Å². The Morgan fingerprint density at radius 3 is 2.17 bits per heavy atom. The van der Waals surface area contributed by atoms with Gasteiger partial charge in [0.15, 0.2) is 15.6 Å². The molecular formula is C23H23NO4S. The van der Waals surface area contributed by atoms with Gasteiger partial charge in [-0.25, -0.2) is 8.42 Å². The van der Waals surface area contributed by atoms with Gasteiger partial charge in [0.1, 0.15) is 0 Å². The van der Waals surface area contributed by atoms with E-state index in [9.17, 15) is 18.3 Å². The van der Waals surface area contributed by atoms with Gasteiger partial charge in [0, 0.05) is 18.4 Å². The standard InChI is InChI=1S/C23H23NO4S/c1-16(25)20-12-13-23(29(2,27)28)21(14-20)24-15-22(26)19-10-8-18(9-11-19)17-6-4-3-5-7-17/h3-14,22,24,26H,15H2,1-2H3. The Morgan fingerprint density at radius 2 is 1.59 bits per heavy atom. The minimum atomic E-state index is -3.48. The van der Waals surface area contributed by atoms with Crippen LogP contribution in [-0.4, -0.2) is 32.1 Å². The van der Waals surface area contributed by atoms with Crippen LogP contribution in [0.2, 0.25) is 0 Å². The highest BCUT2D eigenvalue weighted by Crippen LogP contribution is 2.25. The van der Waals surface area contributed by atoms with Crippen LogP contribution in [-0.2, 0) is 9.84 Å². The number of hydrogen-bond donors (Lipinski definition) is 2. The van der Waals surface area contributed by atoms with E-state index in [0.717, 1.165) is 17.4 Å². The van der Waals surface area contributed by atoms with Crippen LogP contribution in [0.5, 0.6) is 0 Å². The lowest BCUT2D eigenvalue weighted by molar-refractivity contribution is 0.101. The zero-order valence-corrected chi connectivity index (χ0v) is 17.1. The molecule has 150 valence electrons. The first-order valence-electron chi connectivity index (χ1n) is 9.18. The van der Waals surface area contributed by atoms with E-state index < -0.39 is 15.9 Å². The Balaban J connectivity index is 1.77. The SMILES string of the molecule is CC(=O)c1ccc(S(C)(=O)=O)c(NCC(O)c2ccc(-c3ccccc3)cc2)c1. The molecule has 0 aliphatic rings. The van der Waals surface area contributed by atoms with E-state index in [4.69, 9.17) is 0 Å². The maximum absolute atomic E-state index is 12.0. The molecule has 5 nitrogen and oxygen atoms in total. The second-order valence-corrected chi connectivity index (χ2v) is 8.91. The number of carbonyl (C=O) groups is 1. The molecule has 1 atom stereocenters. The predicted molar refractivity (Wildman–Crippen MR) is 115 cm³/mol. The third-order valence-electron chi connectivity index (χ3n) is 4.67. The van der Waals surface area contributed by atoms with Gasteiger partial charge >= 0.3 is 0 Å². The maximum Gasteiger partial charge on any atom is 0.177 e. The van der Waals surface area contributed by atoms with Crippen molar-refractivity contribution in [2.75, 3.05) is 18.1 Å². The molecule has 29 heavy (non-hydrogen) atoms. The molecule has 0 fully saturated rings. The molecule has 0 aromatic heterocycles. The fraction of sp³-hybridized carbons (Fsp3) is 0.174. The van der Waals surface area contributed by atoms with Crippen molar-refractivity contribution < 1.29 is 18.3 Å². The van der Waals surface area contributed by atoms with Gasteiger partial charge in [-0.2, -0.15) is 0 Å². The molecule has 0 amide bonds. The molecule has 0 bridgehead atoms. The Morgan fingerprint density at radius 1 is 0.966 bits per heavy atom. The summed E-state index contributed by atoms with van der Waals surface area (Å²) >= 11 is 0. The highest BCUT2D eigenvalue weighted by molar-refractivity contribution is 7.90. The fourth-order valence-corrected chi connectivity index (χ4v) is 3.91. The van der Waals surface area contributed by atoms with Gasteiger partial charge in [0.2, 0.25) is 0 Å². The molecule has 2 N–H and O–H groups in total. The molecule has 0 aliphatic heterocycles. The van der Waals surface area contributed by atoms with E-state index in [1.165, 1.54) is 25.1 Å². The van der Waals surface area contributed by atoms with Gasteiger partial charge in [-0.3, -0.25) is 4.79 Å². The lowest BCUT2D eigenvalue weighted by Crippen LogP contribution is -2.15. The zero-order chi connectivity index (χ0) is 21.0. The summed E-state index contributed by atoms with van der Waals surface area (Å²) in [5, 5.41) is 13.5. The van der Waals surface area contributed by atoms with E-state index in [-0.39, 0.29) is 17.2 Å². The quantitative estimate of drug-likeness (QED) is 0.574. The number of aliphatic hydroxyl groups is 1. The Kier molecular flexibility index (Phi) is 6.15. The van der Waals surface area contributed by atoms with Gasteiger partial charge < -0.3 is 10.4 Å². The van der Waals surface area contributed by atoms with Crippen LogP contribution < -0.4 is 5.32 Å². The van der Waals surface area contributed by atoms with Crippen molar-refractivity contribution in [3.63, 3.8) is 0 Å². The largest absolute Gasteiger partial charge is 0.387 e. The summed E-state index contributed by atoms with van der Waals surface area (Å²) in [6.07, 6.45) is 0.271. The Labute approximate surface area is 171 Å². The Hall–Kier alpha value is -2.96. The van der Waals surface area contributed by atoms with Gasteiger partial charge in [-0.1, -0.05) is 54.6 Å². The number of hydrogen-bond acceptors (Lipinski definition) is 5. The number of Topliss-reactive ketones (excluding diaryl/α,β-unsaturated/α-hetero) is 1. The predicted octanol–water partition coefficient (Wildman–Crippen LogP) is 4.11. The molecule has 0 aliphatic carbocycles. The monoisotopic (exact) mass is 409 g/mol. The average Bonchev–Trinajstić information content (AvgIpc) is 2.71. The topological polar surface area (TPSA) is 83.5 Å². The second-order valence-electron chi connectivity index (χ2n) is 6.92. The van der Waals surface area contributed by atoms with Crippen LogP contribution in [0.3, 0.4) is 0 Å². The number of rotatable bonds is 7. The molecule has 6 heteroatoms. The molecule has 0 saturated heterocycles. The van der Waals surface area contributed by atoms with Crippen molar-refractivity contribution in [1.29, 1.82) is 0 Å². The third kappa shape index (κ3) is 5.10. The minimum absolute atomic E-state index is 0.0918. The lowest BCUT2D eigenvalue weighted by Gasteiger charge is -2.16. The zero-order valence-electron chi connectivity index (χ0n) is 16.3. The Bertz CT molecular complexity index is 1110. The molecule has 3 aromatic carbocycles. The number of carbonyl (C=O) groups excluding carboxylic acids is 1. The number of ketones is 1. The number of aliphatic hydroxyl groups excluding tert-OH is 1. The van der Waals surface area contributed by atoms with Crippen LogP contribution in [0.15, 0.2) is 77.7 Å². The minimum Gasteiger partial charge on any atom is -0.387 e. The highest BCUT2D eigenvalue weighted by atomic mass is 32.2. The van der Waals surface area contributed by atoms with Crippen molar-refractivity contribution >= 4 is 21.3 Å². The molecule has 0 saturated carbocycles. The molecular weight excluding hydrogens is 386 g/mol. The lowest BCUT2D eigenvalue weighted by atomic mass is 10.0. The van der Waals surface area contributed by atoms with E-state index in [1.54, 1.807) is 0 Å². The second kappa shape index (κ2) is 8.59. The molecule has 3 rings (SSSR count). The number of benzene rings is 3. The number of sulfone groups is 1. The van der Waals surface area contributed by atoms with Crippen LogP contribution in [0.4, 0.5) is 5.69 Å². The van der Waals surface area contributed by atoms with Crippen molar-refractivity contribution in [3.8, 4) is 11.1 Å². The van der Waals surface area contributed by atoms with Gasteiger partial charge in [0.25, 0.3) is 0 Å². The third-order valence-corrected chi connectivity index (χ3v) is 5.83. The van der Waals surface area contributed by atoms with Crippen molar-refractivity contribution in [2.45, 2.75) is 17.9 Å². The van der Waals surface area contributed by atoms with Gasteiger partial charge in [0.05, 0.1) is 16.7 Å². The summed E-state index contributed by atoms with van der Waals surface area (Å²) < 4.78 is 24.1. The summed E-state index contributed by atoms with van der Waals surface area (Å²) in [5.74, 6) is -0.162. The van der Waals surface area contributed by atoms with Crippen molar-refractivity contribution in [3.05, 3.63) is 83.9 Å². The van der Waals surface area contributed by atoms with E-state index in [0.29, 0.717) is 16.8 Å². The van der Waals surface area contributed by atoms with Crippen LogP contribution in [0.25, 0.3) is 11.1 Å².